The first-order chi connectivity index (χ1) is 47.9. The first-order valence-corrected chi connectivity index (χ1v) is 36.6. The minimum absolute atomic E-state index is 0.00753. The zero-order valence-corrected chi connectivity index (χ0v) is 62.1. The number of likely N-dealkylation sites (N-methyl/N-ethyl adjacent to an activating group) is 5. The zero-order valence-electron chi connectivity index (χ0n) is 60.5. The molecule has 0 aliphatic carbocycles. The highest BCUT2D eigenvalue weighted by Crippen LogP contribution is 2.35. The Labute approximate surface area is 603 Å². The van der Waals surface area contributed by atoms with Crippen molar-refractivity contribution < 1.29 is 67.0 Å². The molecule has 1 aliphatic heterocycles. The number of carbonyl (C=O) groups excluding carboxylic acids is 12. The molecule has 0 radical (unpaired) electrons. The van der Waals surface area contributed by atoms with Crippen molar-refractivity contribution in [2.75, 3.05) is 67.3 Å². The Morgan fingerprint density at radius 1 is 0.624 bits per heavy atom. The van der Waals surface area contributed by atoms with Crippen LogP contribution in [-0.4, -0.2) is 210 Å². The third-order valence-electron chi connectivity index (χ3n) is 17.5. The minimum Gasteiger partial charge on any atom is -0.455 e. The number of nitrogens with one attached hydrogen (secondary N) is 4. The monoisotopic (exact) mass is 1430 g/mol. The van der Waals surface area contributed by atoms with Gasteiger partial charge in [0.2, 0.25) is 41.4 Å². The average Bonchev–Trinajstić information content (AvgIpc) is 0.836. The standard InChI is InChI=1S/C76H103N9O14S2/c1-14-39-98-75(97)80-60(49-100-101-76(6,7)8)68(90)77-38-28-27-37-58-73(95)85(13)62(40-50(2)3)69(91)79-59(43-54-31-21-16-22-32-54)72(94)81(9)47-66(88)83(11)61(44-55-33-23-17-24-34-55)65(87)41-51(4)71(93)82(10)52(5)64(86)46-57(42-53-29-19-15-20-30-53)74(96)99-48-67(89)84(12)63(70(92)78-58)45-56-35-25-18-26-36-56/h14-26,29-36,50-52,57-63H,1,27-28,37-49H2,2-13H3,(H,77,90)(H,78,92)(H,79,91)(H,80,97)/t51-,52+,57-,58+,59+,60+,61+,62?,63+/m1/s1. The lowest BCUT2D eigenvalue weighted by Crippen LogP contribution is -2.59. The highest BCUT2D eigenvalue weighted by molar-refractivity contribution is 8.77. The van der Waals surface area contributed by atoms with Crippen LogP contribution in [0.4, 0.5) is 4.79 Å². The van der Waals surface area contributed by atoms with E-state index in [0.717, 1.165) is 9.80 Å². The topological polar surface area (TPSA) is 288 Å². The summed E-state index contributed by atoms with van der Waals surface area (Å²) in [6, 6.07) is 26.9. The van der Waals surface area contributed by atoms with E-state index in [9.17, 15) is 43.2 Å². The Hall–Kier alpha value is -8.84. The molecule has 1 heterocycles. The van der Waals surface area contributed by atoms with Gasteiger partial charge in [-0.1, -0.05) is 197 Å². The number of alkyl carbamates (subject to hydrolysis) is 1. The summed E-state index contributed by atoms with van der Waals surface area (Å²) in [5.74, 6) is -9.47. The van der Waals surface area contributed by atoms with Crippen molar-refractivity contribution in [2.45, 2.75) is 160 Å². The van der Waals surface area contributed by atoms with Crippen LogP contribution in [0.15, 0.2) is 134 Å². The molecule has 1 unspecified atom stereocenters. The summed E-state index contributed by atoms with van der Waals surface area (Å²) in [4.78, 5) is 180. The second-order valence-electron chi connectivity index (χ2n) is 27.2. The molecule has 0 bridgehead atoms. The van der Waals surface area contributed by atoms with Gasteiger partial charge in [0.05, 0.1) is 24.5 Å². The molecule has 25 heteroatoms. The summed E-state index contributed by atoms with van der Waals surface area (Å²) in [6.07, 6.45) is 0.194. The molecule has 0 aromatic heterocycles. The number of benzene rings is 4. The van der Waals surface area contributed by atoms with Crippen LogP contribution in [0.5, 0.6) is 0 Å². The summed E-state index contributed by atoms with van der Waals surface area (Å²) in [6.45, 7) is 15.0. The van der Waals surface area contributed by atoms with Crippen LogP contribution < -0.4 is 21.3 Å². The van der Waals surface area contributed by atoms with Crippen molar-refractivity contribution in [3.63, 3.8) is 0 Å². The van der Waals surface area contributed by atoms with Crippen LogP contribution in [0, 0.1) is 17.8 Å². The van der Waals surface area contributed by atoms with Gasteiger partial charge in [-0.05, 0) is 73.6 Å². The van der Waals surface area contributed by atoms with Crippen LogP contribution in [0.1, 0.15) is 109 Å². The van der Waals surface area contributed by atoms with Gasteiger partial charge >= 0.3 is 12.1 Å². The van der Waals surface area contributed by atoms with E-state index < -0.39 is 145 Å². The van der Waals surface area contributed by atoms with Crippen LogP contribution in [0.2, 0.25) is 0 Å². The van der Waals surface area contributed by atoms with Gasteiger partial charge in [-0.15, -0.1) is 0 Å². The lowest BCUT2D eigenvalue weighted by atomic mass is 9.91. The molecule has 548 valence electrons. The summed E-state index contributed by atoms with van der Waals surface area (Å²) in [5, 5.41) is 11.3. The quantitative estimate of drug-likeness (QED) is 0.0261. The Morgan fingerprint density at radius 2 is 1.14 bits per heavy atom. The van der Waals surface area contributed by atoms with E-state index in [1.807, 2.05) is 34.6 Å². The van der Waals surface area contributed by atoms with Gasteiger partial charge in [0.15, 0.2) is 18.2 Å². The number of hydrogen-bond donors (Lipinski definition) is 4. The minimum atomic E-state index is -1.39. The maximum absolute atomic E-state index is 15.5. The molecule has 1 aliphatic rings. The number of rotatable bonds is 22. The molecule has 1 saturated heterocycles. The molecule has 0 saturated carbocycles. The summed E-state index contributed by atoms with van der Waals surface area (Å²) in [7, 11) is 9.99. The molecule has 4 aromatic rings. The predicted molar refractivity (Wildman–Crippen MR) is 391 cm³/mol. The number of ether oxygens (including phenoxy) is 2. The number of cyclic esters (lactones) is 1. The fourth-order valence-electron chi connectivity index (χ4n) is 11.5. The SMILES string of the molecule is C=CCOC(=O)N[C@@H](CSSC(C)(C)C)C(=O)NCCCC[C@@H]1NC(=O)[C@H](Cc2ccccc2)N(C)C(=O)COC(=O)[C@H](Cc2ccccc2)CC(=O)[C@H](C)N(C)C(=O)[C@H](C)CC(=O)[C@H](Cc2ccccc2)N(C)C(=O)CN(C)C(=O)[C@H](Cc2ccccc2)NC(=O)C(CC(C)C)N(C)C1=O. The van der Waals surface area contributed by atoms with Gasteiger partial charge in [-0.2, -0.15) is 0 Å². The Morgan fingerprint density at radius 3 is 1.68 bits per heavy atom. The second-order valence-corrected chi connectivity index (χ2v) is 30.4. The molecular weight excluding hydrogens is 1330 g/mol. The third-order valence-corrected chi connectivity index (χ3v) is 20.8. The summed E-state index contributed by atoms with van der Waals surface area (Å²) in [5.41, 5.74) is 2.66. The van der Waals surface area contributed by atoms with Crippen LogP contribution in [-0.2, 0) is 87.9 Å². The highest BCUT2D eigenvalue weighted by atomic mass is 33.1. The molecular formula is C76H103N9O14S2. The first-order valence-electron chi connectivity index (χ1n) is 34.3. The predicted octanol–water partition coefficient (Wildman–Crippen LogP) is 7.23. The molecule has 9 amide bonds. The number of amides is 9. The van der Waals surface area contributed by atoms with Gasteiger partial charge in [-0.25, -0.2) is 4.79 Å². The lowest BCUT2D eigenvalue weighted by molar-refractivity contribution is -0.157. The number of ketones is 2. The fourth-order valence-corrected chi connectivity index (χ4v) is 13.9. The summed E-state index contributed by atoms with van der Waals surface area (Å²) >= 11 is 0. The highest BCUT2D eigenvalue weighted by Gasteiger charge is 2.40. The smallest absolute Gasteiger partial charge is 0.408 e. The van der Waals surface area contributed by atoms with Crippen molar-refractivity contribution in [3.05, 3.63) is 156 Å². The lowest BCUT2D eigenvalue weighted by Gasteiger charge is -2.35. The zero-order chi connectivity index (χ0) is 74.5. The van der Waals surface area contributed by atoms with Crippen LogP contribution >= 0.6 is 21.6 Å². The fraction of sp³-hybridized carbons (Fsp3) is 0.500. The van der Waals surface area contributed by atoms with E-state index in [4.69, 9.17) is 9.47 Å². The van der Waals surface area contributed by atoms with Crippen LogP contribution in [0.25, 0.3) is 0 Å². The van der Waals surface area contributed by atoms with E-state index in [-0.39, 0.29) is 87.4 Å². The summed E-state index contributed by atoms with van der Waals surface area (Å²) < 4.78 is 10.7. The Balaban J connectivity index is 1.59. The van der Waals surface area contributed by atoms with E-state index in [1.165, 1.54) is 84.5 Å². The second kappa shape index (κ2) is 41.2. The van der Waals surface area contributed by atoms with E-state index in [1.54, 1.807) is 128 Å². The molecule has 1 fully saturated rings. The molecule has 5 rings (SSSR count). The van der Waals surface area contributed by atoms with E-state index >= 15 is 14.4 Å². The van der Waals surface area contributed by atoms with Gasteiger partial charge in [0, 0.05) is 83.9 Å². The van der Waals surface area contributed by atoms with Crippen molar-refractivity contribution in [1.29, 1.82) is 0 Å². The number of Topliss-reactive ketones (excluding diaryl/α,β-unsaturated/α-hetero) is 2. The maximum Gasteiger partial charge on any atom is 0.408 e. The number of unbranched alkanes of at least 4 members (excludes halogenated alkanes) is 1. The first kappa shape index (κ1) is 82.8. The molecule has 9 atom stereocenters. The van der Waals surface area contributed by atoms with Gasteiger partial charge in [0.1, 0.15) is 36.8 Å². The van der Waals surface area contributed by atoms with Gasteiger partial charge < -0.3 is 55.2 Å². The van der Waals surface area contributed by atoms with Gasteiger partial charge in [0.25, 0.3) is 5.91 Å². The van der Waals surface area contributed by atoms with Crippen molar-refractivity contribution in [2.24, 2.45) is 17.8 Å². The number of esters is 1. The van der Waals surface area contributed by atoms with E-state index in [2.05, 4.69) is 27.8 Å². The number of hydrogen-bond acceptors (Lipinski definition) is 16. The van der Waals surface area contributed by atoms with Gasteiger partial charge in [-0.3, -0.25) is 52.7 Å². The normalized spacial score (nSPS) is 21.7. The molecule has 4 N–H and O–H groups in total. The van der Waals surface area contributed by atoms with Crippen molar-refractivity contribution in [1.82, 2.24) is 45.8 Å². The van der Waals surface area contributed by atoms with Crippen molar-refractivity contribution in [3.8, 4) is 0 Å². The molecule has 4 aromatic carbocycles. The third kappa shape index (κ3) is 27.2. The molecule has 0 spiro atoms. The number of nitrogens with zero attached hydrogens (tertiary/aromatic N) is 5. The van der Waals surface area contributed by atoms with E-state index in [0.29, 0.717) is 22.3 Å². The molecule has 101 heavy (non-hydrogen) atoms. The number of carbonyl (C=O) groups is 12. The van der Waals surface area contributed by atoms with Crippen molar-refractivity contribution >= 4 is 92.5 Å². The Bertz CT molecular complexity index is 3440. The average molecular weight is 1430 g/mol. The Kier molecular flexibility index (Phi) is 33.8. The van der Waals surface area contributed by atoms with Crippen LogP contribution in [0.3, 0.4) is 0 Å². The molecule has 23 nitrogen and oxygen atoms in total. The maximum atomic E-state index is 15.5. The largest absolute Gasteiger partial charge is 0.455 e.